The van der Waals surface area contributed by atoms with Gasteiger partial charge in [0.05, 0.1) is 13.7 Å². The van der Waals surface area contributed by atoms with Crippen molar-refractivity contribution >= 4 is 17.6 Å². The van der Waals surface area contributed by atoms with Crippen LogP contribution in [0.1, 0.15) is 12.0 Å². The second-order valence-corrected chi connectivity index (χ2v) is 5.85. The first-order valence-corrected chi connectivity index (χ1v) is 7.82. The van der Waals surface area contributed by atoms with E-state index in [1.165, 1.54) is 0 Å². The third-order valence-electron chi connectivity index (χ3n) is 3.89. The molecule has 1 N–H and O–H groups in total. The van der Waals surface area contributed by atoms with E-state index in [0.29, 0.717) is 17.5 Å². The topological polar surface area (TPSA) is 46.1 Å². The molecule has 1 unspecified atom stereocenters. The molecule has 1 aliphatic heterocycles. The molecule has 6 heteroatoms. The van der Waals surface area contributed by atoms with E-state index in [1.807, 2.05) is 25.2 Å². The third kappa shape index (κ3) is 4.27. The standard InChI is InChI=1S/C16H24ClN3O2/c1-18-16(20-7-6-12(10-20)11-21-2)19-9-13-4-5-14(17)8-15(13)22-3/h4-5,8,12H,6-7,9-11H2,1-3H3,(H,18,19). The van der Waals surface area contributed by atoms with Crippen molar-refractivity contribution in [3.8, 4) is 5.75 Å². The predicted molar refractivity (Wildman–Crippen MR) is 89.8 cm³/mol. The zero-order valence-electron chi connectivity index (χ0n) is 13.4. The number of aliphatic imine (C=N–C) groups is 1. The van der Waals surface area contributed by atoms with E-state index in [1.54, 1.807) is 14.2 Å². The highest BCUT2D eigenvalue weighted by molar-refractivity contribution is 6.30. The van der Waals surface area contributed by atoms with Gasteiger partial charge in [-0.15, -0.1) is 0 Å². The van der Waals surface area contributed by atoms with Crippen LogP contribution < -0.4 is 10.1 Å². The number of methoxy groups -OCH3 is 2. The van der Waals surface area contributed by atoms with Gasteiger partial charge >= 0.3 is 0 Å². The van der Waals surface area contributed by atoms with E-state index in [0.717, 1.165) is 43.4 Å². The number of hydrogen-bond donors (Lipinski definition) is 1. The van der Waals surface area contributed by atoms with E-state index in [2.05, 4.69) is 15.2 Å². The summed E-state index contributed by atoms with van der Waals surface area (Å²) in [5.41, 5.74) is 1.06. The molecule has 1 aromatic rings. The molecule has 0 bridgehead atoms. The van der Waals surface area contributed by atoms with Gasteiger partial charge in [0.15, 0.2) is 5.96 Å². The van der Waals surface area contributed by atoms with Gasteiger partial charge in [-0.3, -0.25) is 4.99 Å². The lowest BCUT2D eigenvalue weighted by Gasteiger charge is -2.22. The van der Waals surface area contributed by atoms with Gasteiger partial charge in [-0.1, -0.05) is 17.7 Å². The highest BCUT2D eigenvalue weighted by Gasteiger charge is 2.24. The lowest BCUT2D eigenvalue weighted by atomic mass is 10.1. The quantitative estimate of drug-likeness (QED) is 0.667. The lowest BCUT2D eigenvalue weighted by Crippen LogP contribution is -2.39. The average molecular weight is 326 g/mol. The normalized spacial score (nSPS) is 18.6. The maximum atomic E-state index is 5.99. The third-order valence-corrected chi connectivity index (χ3v) is 4.12. The number of benzene rings is 1. The molecule has 1 atom stereocenters. The van der Waals surface area contributed by atoms with Crippen molar-refractivity contribution in [2.45, 2.75) is 13.0 Å². The Labute approximate surface area is 137 Å². The van der Waals surface area contributed by atoms with Gasteiger partial charge < -0.3 is 19.7 Å². The minimum absolute atomic E-state index is 0.577. The Morgan fingerprint density at radius 1 is 1.45 bits per heavy atom. The van der Waals surface area contributed by atoms with Gasteiger partial charge in [0.25, 0.3) is 0 Å². The summed E-state index contributed by atoms with van der Waals surface area (Å²) in [6, 6.07) is 5.67. The summed E-state index contributed by atoms with van der Waals surface area (Å²) < 4.78 is 10.6. The van der Waals surface area contributed by atoms with Crippen molar-refractivity contribution in [1.82, 2.24) is 10.2 Å². The molecule has 2 rings (SSSR count). The highest BCUT2D eigenvalue weighted by Crippen LogP contribution is 2.23. The lowest BCUT2D eigenvalue weighted by molar-refractivity contribution is 0.157. The van der Waals surface area contributed by atoms with E-state index in [4.69, 9.17) is 21.1 Å². The van der Waals surface area contributed by atoms with Crippen LogP contribution >= 0.6 is 11.6 Å². The van der Waals surface area contributed by atoms with Crippen LogP contribution in [0.4, 0.5) is 0 Å². The van der Waals surface area contributed by atoms with Gasteiger partial charge in [-0.2, -0.15) is 0 Å². The van der Waals surface area contributed by atoms with Crippen LogP contribution in [-0.4, -0.2) is 51.8 Å². The van der Waals surface area contributed by atoms with Gasteiger partial charge in [0, 0.05) is 50.3 Å². The summed E-state index contributed by atoms with van der Waals surface area (Å²) in [5, 5.41) is 4.07. The molecule has 0 saturated carbocycles. The summed E-state index contributed by atoms with van der Waals surface area (Å²) >= 11 is 5.99. The van der Waals surface area contributed by atoms with Crippen molar-refractivity contribution in [2.75, 3.05) is 41.0 Å². The van der Waals surface area contributed by atoms with E-state index < -0.39 is 0 Å². The van der Waals surface area contributed by atoms with Crippen LogP contribution in [0.3, 0.4) is 0 Å². The first-order valence-electron chi connectivity index (χ1n) is 7.45. The first kappa shape index (κ1) is 16.9. The fraction of sp³-hybridized carbons (Fsp3) is 0.562. The number of halogens is 1. The SMILES string of the molecule is CN=C(NCc1ccc(Cl)cc1OC)N1CCC(COC)C1. The van der Waals surface area contributed by atoms with Crippen LogP contribution in [0.15, 0.2) is 23.2 Å². The van der Waals surface area contributed by atoms with Gasteiger partial charge in [-0.25, -0.2) is 0 Å². The van der Waals surface area contributed by atoms with Crippen molar-refractivity contribution in [1.29, 1.82) is 0 Å². The van der Waals surface area contributed by atoms with Crippen LogP contribution in [0, 0.1) is 5.92 Å². The van der Waals surface area contributed by atoms with Crippen LogP contribution in [0.5, 0.6) is 5.75 Å². The number of hydrogen-bond acceptors (Lipinski definition) is 3. The molecule has 0 radical (unpaired) electrons. The second-order valence-electron chi connectivity index (χ2n) is 5.41. The number of rotatable bonds is 5. The summed E-state index contributed by atoms with van der Waals surface area (Å²) in [6.07, 6.45) is 1.14. The molecular formula is C16H24ClN3O2. The fourth-order valence-electron chi connectivity index (χ4n) is 2.77. The fourth-order valence-corrected chi connectivity index (χ4v) is 2.93. The maximum Gasteiger partial charge on any atom is 0.193 e. The average Bonchev–Trinajstić information content (AvgIpc) is 2.98. The second kappa shape index (κ2) is 8.25. The zero-order valence-corrected chi connectivity index (χ0v) is 14.2. The summed E-state index contributed by atoms with van der Waals surface area (Å²) in [7, 11) is 5.22. The first-order chi connectivity index (χ1) is 10.7. The number of guanidine groups is 1. The largest absolute Gasteiger partial charge is 0.496 e. The summed E-state index contributed by atoms with van der Waals surface area (Å²) in [6.45, 7) is 3.44. The smallest absolute Gasteiger partial charge is 0.193 e. The zero-order chi connectivity index (χ0) is 15.9. The Hall–Kier alpha value is -1.46. The number of ether oxygens (including phenoxy) is 2. The molecule has 1 saturated heterocycles. The Bertz CT molecular complexity index is 522. The molecule has 0 aliphatic carbocycles. The van der Waals surface area contributed by atoms with Crippen molar-refractivity contribution in [2.24, 2.45) is 10.9 Å². The molecule has 0 aromatic heterocycles. The number of likely N-dealkylation sites (tertiary alicyclic amines) is 1. The van der Waals surface area contributed by atoms with Crippen LogP contribution in [0.25, 0.3) is 0 Å². The summed E-state index contributed by atoms with van der Waals surface area (Å²) in [4.78, 5) is 6.65. The van der Waals surface area contributed by atoms with Gasteiger partial charge in [0.2, 0.25) is 0 Å². The molecule has 1 aliphatic rings. The summed E-state index contributed by atoms with van der Waals surface area (Å²) in [5.74, 6) is 2.28. The van der Waals surface area contributed by atoms with Crippen molar-refractivity contribution < 1.29 is 9.47 Å². The Morgan fingerprint density at radius 2 is 2.27 bits per heavy atom. The molecule has 0 spiro atoms. The minimum atomic E-state index is 0.577. The van der Waals surface area contributed by atoms with E-state index in [9.17, 15) is 0 Å². The maximum absolute atomic E-state index is 5.99. The van der Waals surface area contributed by atoms with Crippen LogP contribution in [-0.2, 0) is 11.3 Å². The molecule has 22 heavy (non-hydrogen) atoms. The number of nitrogens with one attached hydrogen (secondary N) is 1. The van der Waals surface area contributed by atoms with E-state index in [-0.39, 0.29) is 0 Å². The number of nitrogens with zero attached hydrogens (tertiary/aromatic N) is 2. The van der Waals surface area contributed by atoms with Gasteiger partial charge in [0.1, 0.15) is 5.75 Å². The molecule has 122 valence electrons. The van der Waals surface area contributed by atoms with Crippen molar-refractivity contribution in [3.63, 3.8) is 0 Å². The predicted octanol–water partition coefficient (Wildman–Crippen LogP) is 2.39. The Balaban J connectivity index is 1.95. The van der Waals surface area contributed by atoms with Crippen LogP contribution in [0.2, 0.25) is 5.02 Å². The Morgan fingerprint density at radius 3 is 2.95 bits per heavy atom. The molecule has 1 heterocycles. The Kier molecular flexibility index (Phi) is 6.34. The minimum Gasteiger partial charge on any atom is -0.496 e. The molecule has 1 fully saturated rings. The molecule has 1 aromatic carbocycles. The molecular weight excluding hydrogens is 302 g/mol. The highest BCUT2D eigenvalue weighted by atomic mass is 35.5. The van der Waals surface area contributed by atoms with Gasteiger partial charge in [-0.05, 0) is 18.6 Å². The van der Waals surface area contributed by atoms with E-state index >= 15 is 0 Å². The molecule has 5 nitrogen and oxygen atoms in total. The van der Waals surface area contributed by atoms with Crippen molar-refractivity contribution in [3.05, 3.63) is 28.8 Å². The molecule has 0 amide bonds. The monoisotopic (exact) mass is 325 g/mol.